The third-order valence-electron chi connectivity index (χ3n) is 5.56. The number of fused-ring (bicyclic) bond motifs is 2. The van der Waals surface area contributed by atoms with Gasteiger partial charge in [0.1, 0.15) is 0 Å². The summed E-state index contributed by atoms with van der Waals surface area (Å²) in [6.07, 6.45) is 4.81. The van der Waals surface area contributed by atoms with E-state index in [4.69, 9.17) is 0 Å². The molecule has 0 bridgehead atoms. The van der Waals surface area contributed by atoms with Crippen LogP contribution in [0.15, 0.2) is 41.3 Å². The van der Waals surface area contributed by atoms with Crippen molar-refractivity contribution >= 4 is 27.3 Å². The number of rotatable bonds is 3. The Morgan fingerprint density at radius 2 is 1.89 bits per heavy atom. The largest absolute Gasteiger partial charge is 0.309 e. The molecule has 4 rings (SSSR count). The lowest BCUT2D eigenvalue weighted by Crippen LogP contribution is -2.33. The minimum Gasteiger partial charge on any atom is -0.309 e. The predicted molar refractivity (Wildman–Crippen MR) is 107 cm³/mol. The molecule has 142 valence electrons. The molecule has 0 spiro atoms. The summed E-state index contributed by atoms with van der Waals surface area (Å²) in [5, 5.41) is 0. The van der Waals surface area contributed by atoms with Crippen molar-refractivity contribution in [1.82, 2.24) is 0 Å². The summed E-state index contributed by atoms with van der Waals surface area (Å²) in [5.41, 5.74) is 4.75. The van der Waals surface area contributed by atoms with Gasteiger partial charge in [0.25, 0.3) is 10.0 Å². The van der Waals surface area contributed by atoms with Crippen LogP contribution in [-0.2, 0) is 34.1 Å². The highest BCUT2D eigenvalue weighted by atomic mass is 32.2. The summed E-state index contributed by atoms with van der Waals surface area (Å²) in [7, 11) is -3.68. The monoisotopic (exact) mass is 384 g/mol. The Bertz CT molecular complexity index is 1010. The quantitative estimate of drug-likeness (QED) is 0.878. The number of carbonyl (C=O) groups excluding carboxylic acids is 1. The Kier molecular flexibility index (Phi) is 4.46. The summed E-state index contributed by atoms with van der Waals surface area (Å²) in [4.78, 5) is 13.8. The van der Waals surface area contributed by atoms with Crippen molar-refractivity contribution < 1.29 is 13.2 Å². The second kappa shape index (κ2) is 6.68. The van der Waals surface area contributed by atoms with Gasteiger partial charge in [-0.1, -0.05) is 12.1 Å². The van der Waals surface area contributed by atoms with Gasteiger partial charge in [-0.25, -0.2) is 8.42 Å². The van der Waals surface area contributed by atoms with Crippen LogP contribution < -0.4 is 9.62 Å². The molecule has 0 saturated carbocycles. The highest BCUT2D eigenvalue weighted by Gasteiger charge is 2.30. The molecule has 2 aliphatic rings. The number of carbonyl (C=O) groups is 1. The Morgan fingerprint density at radius 1 is 1.11 bits per heavy atom. The van der Waals surface area contributed by atoms with Crippen molar-refractivity contribution in [3.8, 4) is 0 Å². The first kappa shape index (κ1) is 18.0. The lowest BCUT2D eigenvalue weighted by molar-refractivity contribution is -0.116. The zero-order chi connectivity index (χ0) is 19.2. The van der Waals surface area contributed by atoms with E-state index in [9.17, 15) is 13.2 Å². The molecular weight excluding hydrogens is 360 g/mol. The van der Waals surface area contributed by atoms with Crippen molar-refractivity contribution in [3.63, 3.8) is 0 Å². The van der Waals surface area contributed by atoms with E-state index in [1.807, 2.05) is 19.1 Å². The molecule has 1 unspecified atom stereocenters. The molecule has 1 aliphatic heterocycles. The molecule has 0 aromatic heterocycles. The molecule has 1 aliphatic carbocycles. The number of nitrogens with zero attached hydrogens (tertiary/aromatic N) is 1. The van der Waals surface area contributed by atoms with E-state index in [0.717, 1.165) is 42.5 Å². The van der Waals surface area contributed by atoms with Crippen LogP contribution in [0, 0.1) is 0 Å². The molecule has 1 atom stereocenters. The number of anilines is 2. The van der Waals surface area contributed by atoms with Gasteiger partial charge in [0, 0.05) is 18.7 Å². The average molecular weight is 385 g/mol. The fourth-order valence-corrected chi connectivity index (χ4v) is 5.48. The third kappa shape index (κ3) is 3.23. The van der Waals surface area contributed by atoms with Crippen LogP contribution in [0.2, 0.25) is 0 Å². The van der Waals surface area contributed by atoms with Crippen LogP contribution in [0.25, 0.3) is 0 Å². The molecule has 1 heterocycles. The summed E-state index contributed by atoms with van der Waals surface area (Å²) in [6.45, 7) is 3.51. The van der Waals surface area contributed by atoms with Crippen LogP contribution in [0.5, 0.6) is 0 Å². The Labute approximate surface area is 160 Å². The molecule has 2 aromatic carbocycles. The normalized spacial score (nSPS) is 18.7. The lowest BCUT2D eigenvalue weighted by Gasteiger charge is -2.21. The van der Waals surface area contributed by atoms with E-state index in [2.05, 4.69) is 10.8 Å². The highest BCUT2D eigenvalue weighted by Crippen LogP contribution is 2.35. The van der Waals surface area contributed by atoms with Crippen molar-refractivity contribution in [3.05, 3.63) is 53.1 Å². The Balaban J connectivity index is 1.67. The van der Waals surface area contributed by atoms with Crippen molar-refractivity contribution in [1.29, 1.82) is 0 Å². The van der Waals surface area contributed by atoms with Gasteiger partial charge in [-0.3, -0.25) is 9.52 Å². The molecule has 0 radical (unpaired) electrons. The van der Waals surface area contributed by atoms with Crippen LogP contribution in [-0.4, -0.2) is 20.4 Å². The molecule has 2 aromatic rings. The molecule has 6 heteroatoms. The van der Waals surface area contributed by atoms with Crippen LogP contribution in [0.1, 0.15) is 43.4 Å². The Morgan fingerprint density at radius 3 is 2.67 bits per heavy atom. The lowest BCUT2D eigenvalue weighted by atomic mass is 9.91. The summed E-state index contributed by atoms with van der Waals surface area (Å²) < 4.78 is 28.8. The van der Waals surface area contributed by atoms with Crippen molar-refractivity contribution in [2.45, 2.75) is 56.9 Å². The fourth-order valence-electron chi connectivity index (χ4n) is 4.34. The van der Waals surface area contributed by atoms with Gasteiger partial charge in [-0.2, -0.15) is 0 Å². The Hall–Kier alpha value is -2.34. The van der Waals surface area contributed by atoms with Gasteiger partial charge in [0.2, 0.25) is 5.91 Å². The molecular formula is C21H24N2O3S. The number of benzene rings is 2. The molecule has 0 fully saturated rings. The fraction of sp³-hybridized carbons (Fsp3) is 0.381. The SMILES string of the molecule is CC(=O)N1c2ccc(S(=O)(=O)Nc3cccc4c3CCCC4)cc2CC1C. The zero-order valence-electron chi connectivity index (χ0n) is 15.7. The van der Waals surface area contributed by atoms with Gasteiger partial charge >= 0.3 is 0 Å². The van der Waals surface area contributed by atoms with E-state index >= 15 is 0 Å². The third-order valence-corrected chi connectivity index (χ3v) is 6.92. The first-order chi connectivity index (χ1) is 12.9. The first-order valence-electron chi connectivity index (χ1n) is 9.43. The highest BCUT2D eigenvalue weighted by molar-refractivity contribution is 7.92. The summed E-state index contributed by atoms with van der Waals surface area (Å²) in [6, 6.07) is 10.9. The predicted octanol–water partition coefficient (Wildman–Crippen LogP) is 3.66. The van der Waals surface area contributed by atoms with E-state index in [1.165, 1.54) is 12.5 Å². The maximum Gasteiger partial charge on any atom is 0.261 e. The molecule has 1 N–H and O–H groups in total. The van der Waals surface area contributed by atoms with Gasteiger partial charge in [-0.15, -0.1) is 0 Å². The first-order valence-corrected chi connectivity index (χ1v) is 10.9. The minimum atomic E-state index is -3.68. The second-order valence-corrected chi connectivity index (χ2v) is 9.17. The number of aryl methyl sites for hydroxylation is 1. The number of sulfonamides is 1. The minimum absolute atomic E-state index is 0.0223. The molecule has 27 heavy (non-hydrogen) atoms. The van der Waals surface area contributed by atoms with Gasteiger partial charge in [-0.05, 0) is 80.0 Å². The van der Waals surface area contributed by atoms with Crippen LogP contribution in [0.3, 0.4) is 0 Å². The summed E-state index contributed by atoms with van der Waals surface area (Å²) >= 11 is 0. The van der Waals surface area contributed by atoms with Gasteiger partial charge in [0.05, 0.1) is 10.6 Å². The average Bonchev–Trinajstić information content (AvgIpc) is 2.97. The second-order valence-electron chi connectivity index (χ2n) is 7.49. The van der Waals surface area contributed by atoms with E-state index in [-0.39, 0.29) is 16.8 Å². The number of amides is 1. The molecule has 5 nitrogen and oxygen atoms in total. The van der Waals surface area contributed by atoms with Crippen molar-refractivity contribution in [2.24, 2.45) is 0 Å². The standard InChI is InChI=1S/C21H24N2O3S/c1-14-12-17-13-18(10-11-21(17)23(14)15(2)24)27(25,26)22-20-9-5-7-16-6-3-4-8-19(16)20/h5,7,9-11,13-14,22H,3-4,6,8,12H2,1-2H3. The zero-order valence-corrected chi connectivity index (χ0v) is 16.5. The maximum atomic E-state index is 13.0. The van der Waals surface area contributed by atoms with Crippen molar-refractivity contribution in [2.75, 3.05) is 9.62 Å². The number of hydrogen-bond acceptors (Lipinski definition) is 3. The van der Waals surface area contributed by atoms with E-state index < -0.39 is 10.0 Å². The maximum absolute atomic E-state index is 13.0. The smallest absolute Gasteiger partial charge is 0.261 e. The van der Waals surface area contributed by atoms with Gasteiger partial charge < -0.3 is 4.90 Å². The van der Waals surface area contributed by atoms with Crippen LogP contribution in [0.4, 0.5) is 11.4 Å². The van der Waals surface area contributed by atoms with E-state index in [1.54, 1.807) is 23.1 Å². The van der Waals surface area contributed by atoms with Gasteiger partial charge in [0.15, 0.2) is 0 Å². The summed E-state index contributed by atoms with van der Waals surface area (Å²) in [5.74, 6) is -0.0223. The van der Waals surface area contributed by atoms with Crippen LogP contribution >= 0.6 is 0 Å². The molecule has 1 amide bonds. The number of hydrogen-bond donors (Lipinski definition) is 1. The topological polar surface area (TPSA) is 66.5 Å². The number of nitrogens with one attached hydrogen (secondary N) is 1. The molecule has 0 saturated heterocycles. The van der Waals surface area contributed by atoms with E-state index in [0.29, 0.717) is 12.1 Å².